The minimum atomic E-state index is -0.127. The molecular weight excluding hydrogens is 384 g/mol. The Morgan fingerprint density at radius 1 is 1.33 bits per heavy atom. The molecule has 162 valence electrons. The highest BCUT2D eigenvalue weighted by Gasteiger charge is 2.25. The van der Waals surface area contributed by atoms with E-state index in [1.807, 2.05) is 50.6 Å². The minimum absolute atomic E-state index is 0.0629. The summed E-state index contributed by atoms with van der Waals surface area (Å²) in [6.45, 7) is 5.22. The van der Waals surface area contributed by atoms with Gasteiger partial charge in [-0.3, -0.25) is 9.48 Å². The zero-order valence-electron chi connectivity index (χ0n) is 17.8. The summed E-state index contributed by atoms with van der Waals surface area (Å²) < 4.78 is 12.8. The fourth-order valence-electron chi connectivity index (χ4n) is 3.22. The lowest BCUT2D eigenvalue weighted by atomic mass is 10.1. The number of methoxy groups -OCH3 is 1. The maximum Gasteiger partial charge on any atom is 0.242 e. The van der Waals surface area contributed by atoms with Gasteiger partial charge in [0.1, 0.15) is 18.4 Å². The normalized spacial score (nSPS) is 17.0. The van der Waals surface area contributed by atoms with Crippen molar-refractivity contribution in [3.8, 4) is 5.75 Å². The Morgan fingerprint density at radius 2 is 2.13 bits per heavy atom. The van der Waals surface area contributed by atoms with Crippen LogP contribution in [0, 0.1) is 0 Å². The molecule has 30 heavy (non-hydrogen) atoms. The second-order valence-electron chi connectivity index (χ2n) is 7.05. The van der Waals surface area contributed by atoms with Gasteiger partial charge in [-0.15, -0.1) is 0 Å². The van der Waals surface area contributed by atoms with E-state index in [0.29, 0.717) is 25.7 Å². The first-order valence-corrected chi connectivity index (χ1v) is 10.1. The smallest absolute Gasteiger partial charge is 0.242 e. The molecule has 0 bridgehead atoms. The number of guanidine groups is 1. The summed E-state index contributed by atoms with van der Waals surface area (Å²) in [5.41, 5.74) is 2.04. The van der Waals surface area contributed by atoms with Crippen LogP contribution < -0.4 is 15.4 Å². The molecule has 2 aromatic rings. The Kier molecular flexibility index (Phi) is 7.67. The number of benzene rings is 1. The maximum absolute atomic E-state index is 12.3. The van der Waals surface area contributed by atoms with Crippen LogP contribution in [-0.4, -0.2) is 66.4 Å². The van der Waals surface area contributed by atoms with E-state index < -0.39 is 0 Å². The van der Waals surface area contributed by atoms with E-state index in [9.17, 15) is 4.79 Å². The summed E-state index contributed by atoms with van der Waals surface area (Å²) in [5.74, 6) is 1.38. The van der Waals surface area contributed by atoms with Crippen LogP contribution in [0.2, 0.25) is 0 Å². The van der Waals surface area contributed by atoms with Crippen LogP contribution in [0.4, 0.5) is 0 Å². The van der Waals surface area contributed by atoms with Crippen LogP contribution in [0.5, 0.6) is 5.75 Å². The standard InChI is InChI=1S/C21H30N6O3/c1-4-22-21(27-9-10-30-19(15-27)17-12-25-26(2)14-17)24-13-20(28)23-11-16-5-7-18(29-3)8-6-16/h5-8,12,14,19H,4,9-11,13,15H2,1-3H3,(H,22,24)(H,23,28). The van der Waals surface area contributed by atoms with E-state index in [1.54, 1.807) is 11.8 Å². The maximum atomic E-state index is 12.3. The number of aromatic nitrogens is 2. The van der Waals surface area contributed by atoms with Gasteiger partial charge in [-0.2, -0.15) is 5.10 Å². The lowest BCUT2D eigenvalue weighted by Crippen LogP contribution is -2.48. The zero-order valence-corrected chi connectivity index (χ0v) is 17.8. The first kappa shape index (κ1) is 21.6. The molecule has 2 N–H and O–H groups in total. The Morgan fingerprint density at radius 3 is 2.80 bits per heavy atom. The van der Waals surface area contributed by atoms with Gasteiger partial charge >= 0.3 is 0 Å². The fourth-order valence-corrected chi connectivity index (χ4v) is 3.22. The number of carbonyl (C=O) groups is 1. The molecule has 1 saturated heterocycles. The van der Waals surface area contributed by atoms with Crippen molar-refractivity contribution < 1.29 is 14.3 Å². The van der Waals surface area contributed by atoms with Crippen LogP contribution in [0.1, 0.15) is 24.2 Å². The van der Waals surface area contributed by atoms with Crippen LogP contribution in [0.25, 0.3) is 0 Å². The van der Waals surface area contributed by atoms with Crippen LogP contribution in [0.15, 0.2) is 41.7 Å². The lowest BCUT2D eigenvalue weighted by molar-refractivity contribution is -0.119. The van der Waals surface area contributed by atoms with Gasteiger partial charge in [0.15, 0.2) is 5.96 Å². The quantitative estimate of drug-likeness (QED) is 0.520. The number of carbonyl (C=O) groups excluding carboxylic acids is 1. The predicted molar refractivity (Wildman–Crippen MR) is 114 cm³/mol. The van der Waals surface area contributed by atoms with Crippen LogP contribution in [0.3, 0.4) is 0 Å². The predicted octanol–water partition coefficient (Wildman–Crippen LogP) is 1.08. The second kappa shape index (κ2) is 10.6. The van der Waals surface area contributed by atoms with E-state index in [4.69, 9.17) is 9.47 Å². The van der Waals surface area contributed by atoms with E-state index in [1.165, 1.54) is 0 Å². The zero-order chi connectivity index (χ0) is 21.3. The van der Waals surface area contributed by atoms with Crippen molar-refractivity contribution in [3.05, 3.63) is 47.8 Å². The second-order valence-corrected chi connectivity index (χ2v) is 7.05. The van der Waals surface area contributed by atoms with Gasteiger partial charge in [0.05, 0.1) is 26.5 Å². The average Bonchev–Trinajstić information content (AvgIpc) is 3.22. The Labute approximate surface area is 177 Å². The average molecular weight is 415 g/mol. The lowest BCUT2D eigenvalue weighted by Gasteiger charge is -2.34. The number of nitrogens with one attached hydrogen (secondary N) is 2. The van der Waals surface area contributed by atoms with Gasteiger partial charge in [0.25, 0.3) is 0 Å². The van der Waals surface area contributed by atoms with Crippen molar-refractivity contribution in [2.24, 2.45) is 12.0 Å². The third kappa shape index (κ3) is 5.96. The monoisotopic (exact) mass is 414 g/mol. The summed E-state index contributed by atoms with van der Waals surface area (Å²) in [7, 11) is 3.52. The summed E-state index contributed by atoms with van der Waals surface area (Å²) in [6, 6.07) is 7.61. The van der Waals surface area contributed by atoms with Crippen LogP contribution >= 0.6 is 0 Å². The largest absolute Gasteiger partial charge is 0.497 e. The minimum Gasteiger partial charge on any atom is -0.497 e. The third-order valence-corrected chi connectivity index (χ3v) is 4.82. The van der Waals surface area contributed by atoms with Gasteiger partial charge in [0, 0.05) is 38.4 Å². The first-order valence-electron chi connectivity index (χ1n) is 10.1. The van der Waals surface area contributed by atoms with E-state index in [2.05, 4.69) is 25.6 Å². The topological polar surface area (TPSA) is 93.0 Å². The Balaban J connectivity index is 1.55. The number of aryl methyl sites for hydroxylation is 1. The number of hydrogen-bond donors (Lipinski definition) is 2. The summed E-state index contributed by atoms with van der Waals surface area (Å²) in [4.78, 5) is 19.0. The molecule has 1 unspecified atom stereocenters. The van der Waals surface area contributed by atoms with Gasteiger partial charge in [-0.05, 0) is 24.6 Å². The molecule has 2 heterocycles. The number of aliphatic imine (C=N–C) groups is 1. The van der Waals surface area contributed by atoms with Crippen molar-refractivity contribution in [3.63, 3.8) is 0 Å². The van der Waals surface area contributed by atoms with Gasteiger partial charge in [-0.25, -0.2) is 4.99 Å². The molecule has 1 atom stereocenters. The number of nitrogens with zero attached hydrogens (tertiary/aromatic N) is 4. The number of ether oxygens (including phenoxy) is 2. The summed E-state index contributed by atoms with van der Waals surface area (Å²) >= 11 is 0. The molecule has 0 aliphatic carbocycles. The number of rotatable bonds is 7. The molecule has 9 nitrogen and oxygen atoms in total. The fraction of sp³-hybridized carbons (Fsp3) is 0.476. The molecule has 1 aromatic carbocycles. The van der Waals surface area contributed by atoms with Crippen molar-refractivity contribution in [2.45, 2.75) is 19.6 Å². The van der Waals surface area contributed by atoms with Crippen molar-refractivity contribution >= 4 is 11.9 Å². The summed E-state index contributed by atoms with van der Waals surface area (Å²) in [6.07, 6.45) is 3.72. The molecule has 1 amide bonds. The Hall–Kier alpha value is -3.07. The van der Waals surface area contributed by atoms with Gasteiger partial charge < -0.3 is 25.0 Å². The van der Waals surface area contributed by atoms with Crippen molar-refractivity contribution in [2.75, 3.05) is 39.9 Å². The molecular formula is C21H30N6O3. The SMILES string of the molecule is CCNC(=NCC(=O)NCc1ccc(OC)cc1)N1CCOC(c2cnn(C)c2)C1. The van der Waals surface area contributed by atoms with Crippen molar-refractivity contribution in [1.29, 1.82) is 0 Å². The molecule has 0 saturated carbocycles. The molecule has 1 aliphatic rings. The van der Waals surface area contributed by atoms with Gasteiger partial charge in [0.2, 0.25) is 5.91 Å². The van der Waals surface area contributed by atoms with E-state index in [0.717, 1.165) is 30.0 Å². The summed E-state index contributed by atoms with van der Waals surface area (Å²) in [5, 5.41) is 10.4. The highest BCUT2D eigenvalue weighted by Crippen LogP contribution is 2.21. The van der Waals surface area contributed by atoms with Gasteiger partial charge in [-0.1, -0.05) is 12.1 Å². The number of morpholine rings is 1. The third-order valence-electron chi connectivity index (χ3n) is 4.82. The molecule has 0 radical (unpaired) electrons. The molecule has 1 aliphatic heterocycles. The number of hydrogen-bond acceptors (Lipinski definition) is 5. The van der Waals surface area contributed by atoms with Crippen LogP contribution in [-0.2, 0) is 23.1 Å². The molecule has 1 fully saturated rings. The highest BCUT2D eigenvalue weighted by molar-refractivity contribution is 5.85. The van der Waals surface area contributed by atoms with Crippen molar-refractivity contribution in [1.82, 2.24) is 25.3 Å². The number of amides is 1. The molecule has 1 aromatic heterocycles. The van der Waals surface area contributed by atoms with E-state index >= 15 is 0 Å². The molecule has 0 spiro atoms. The molecule has 3 rings (SSSR count). The first-order chi connectivity index (χ1) is 14.6. The van der Waals surface area contributed by atoms with E-state index in [-0.39, 0.29) is 18.6 Å². The Bertz CT molecular complexity index is 849. The molecule has 9 heteroatoms. The highest BCUT2D eigenvalue weighted by atomic mass is 16.5.